The normalized spacial score (nSPS) is 10.9. The van der Waals surface area contributed by atoms with Crippen LogP contribution in [-0.2, 0) is 0 Å². The Morgan fingerprint density at radius 2 is 2.11 bits per heavy atom. The summed E-state index contributed by atoms with van der Waals surface area (Å²) in [6, 6.07) is 8.52. The smallest absolute Gasteiger partial charge is 0.336 e. The van der Waals surface area contributed by atoms with Gasteiger partial charge in [0.05, 0.1) is 17.7 Å². The zero-order valence-electron chi connectivity index (χ0n) is 11.1. The quantitative estimate of drug-likeness (QED) is 0.894. The molecule has 0 saturated carbocycles. The molecule has 0 radical (unpaired) electrons. The fraction of sp³-hybridized carbons (Fsp3) is 0.333. The molecule has 4 heteroatoms. The lowest BCUT2D eigenvalue weighted by Crippen LogP contribution is -2.03. The molecule has 1 aromatic heterocycles. The molecule has 0 spiro atoms. The lowest BCUT2D eigenvalue weighted by molar-refractivity contribution is 0.0699. The van der Waals surface area contributed by atoms with E-state index in [1.807, 2.05) is 0 Å². The third-order valence-corrected chi connectivity index (χ3v) is 2.88. The summed E-state index contributed by atoms with van der Waals surface area (Å²) in [4.78, 5) is 15.4. The Bertz CT molecular complexity index is 593. The third-order valence-electron chi connectivity index (χ3n) is 2.88. The fourth-order valence-electron chi connectivity index (χ4n) is 1.80. The average Bonchev–Trinajstić information content (AvgIpc) is 2.37. The first-order valence-corrected chi connectivity index (χ1v) is 6.34. The second-order valence-corrected chi connectivity index (χ2v) is 4.86. The number of nitrogens with zero attached hydrogens (tertiary/aromatic N) is 1. The van der Waals surface area contributed by atoms with Gasteiger partial charge in [-0.3, -0.25) is 0 Å². The lowest BCUT2D eigenvalue weighted by atomic mass is 10.1. The number of rotatable bonds is 5. The number of aromatic nitrogens is 1. The molecule has 1 heterocycles. The molecule has 0 atom stereocenters. The van der Waals surface area contributed by atoms with Gasteiger partial charge in [0.15, 0.2) is 0 Å². The zero-order valence-corrected chi connectivity index (χ0v) is 11.1. The highest BCUT2D eigenvalue weighted by Crippen LogP contribution is 2.20. The van der Waals surface area contributed by atoms with Crippen LogP contribution in [0.3, 0.4) is 0 Å². The SMILES string of the molecule is CC(C)CCOc1ccc2c(C(=O)O)cccc2n1. The predicted molar refractivity (Wildman–Crippen MR) is 73.7 cm³/mol. The summed E-state index contributed by atoms with van der Waals surface area (Å²) < 4.78 is 5.57. The van der Waals surface area contributed by atoms with Crippen molar-refractivity contribution in [2.75, 3.05) is 6.61 Å². The summed E-state index contributed by atoms with van der Waals surface area (Å²) in [5, 5.41) is 9.73. The zero-order chi connectivity index (χ0) is 13.8. The van der Waals surface area contributed by atoms with E-state index in [2.05, 4.69) is 18.8 Å². The Balaban J connectivity index is 2.24. The maximum Gasteiger partial charge on any atom is 0.336 e. The number of benzene rings is 1. The highest BCUT2D eigenvalue weighted by atomic mass is 16.5. The molecule has 100 valence electrons. The van der Waals surface area contributed by atoms with Crippen molar-refractivity contribution in [3.63, 3.8) is 0 Å². The van der Waals surface area contributed by atoms with Crippen LogP contribution in [0.5, 0.6) is 5.88 Å². The summed E-state index contributed by atoms with van der Waals surface area (Å²) in [5.74, 6) is 0.177. The van der Waals surface area contributed by atoms with Gasteiger partial charge < -0.3 is 9.84 Å². The molecule has 1 N–H and O–H groups in total. The van der Waals surface area contributed by atoms with Gasteiger partial charge in [-0.05, 0) is 30.5 Å². The van der Waals surface area contributed by atoms with Gasteiger partial charge in [-0.25, -0.2) is 9.78 Å². The number of carbonyl (C=O) groups is 1. The molecule has 2 aromatic rings. The highest BCUT2D eigenvalue weighted by molar-refractivity contribution is 6.02. The topological polar surface area (TPSA) is 59.4 Å². The van der Waals surface area contributed by atoms with Gasteiger partial charge in [-0.15, -0.1) is 0 Å². The van der Waals surface area contributed by atoms with Crippen molar-refractivity contribution in [3.8, 4) is 5.88 Å². The van der Waals surface area contributed by atoms with E-state index < -0.39 is 5.97 Å². The van der Waals surface area contributed by atoms with Crippen LogP contribution in [0.4, 0.5) is 0 Å². The first-order chi connectivity index (χ1) is 9.08. The maximum atomic E-state index is 11.1. The molecule has 0 fully saturated rings. The molecule has 0 aliphatic heterocycles. The predicted octanol–water partition coefficient (Wildman–Crippen LogP) is 3.36. The number of ether oxygens (including phenoxy) is 1. The summed E-state index contributed by atoms with van der Waals surface area (Å²) in [5.41, 5.74) is 0.903. The number of aromatic carboxylic acids is 1. The molecule has 0 aliphatic rings. The van der Waals surface area contributed by atoms with E-state index in [4.69, 9.17) is 9.84 Å². The van der Waals surface area contributed by atoms with Gasteiger partial charge in [0.25, 0.3) is 0 Å². The van der Waals surface area contributed by atoms with Crippen molar-refractivity contribution in [1.82, 2.24) is 4.98 Å². The van der Waals surface area contributed by atoms with E-state index in [9.17, 15) is 4.79 Å². The summed E-state index contributed by atoms with van der Waals surface area (Å²) in [6.07, 6.45) is 0.967. The van der Waals surface area contributed by atoms with E-state index in [1.165, 1.54) is 0 Å². The summed E-state index contributed by atoms with van der Waals surface area (Å²) >= 11 is 0. The number of hydrogen-bond acceptors (Lipinski definition) is 3. The first-order valence-electron chi connectivity index (χ1n) is 6.34. The number of carboxylic acid groups (broad SMARTS) is 1. The molecule has 2 rings (SSSR count). The Labute approximate surface area is 112 Å². The Morgan fingerprint density at radius 3 is 2.79 bits per heavy atom. The van der Waals surface area contributed by atoms with Crippen molar-refractivity contribution in [1.29, 1.82) is 0 Å². The van der Waals surface area contributed by atoms with Gasteiger partial charge in [-0.1, -0.05) is 19.9 Å². The van der Waals surface area contributed by atoms with Crippen LogP contribution in [0.25, 0.3) is 10.9 Å². The molecule has 0 amide bonds. The van der Waals surface area contributed by atoms with E-state index in [0.29, 0.717) is 29.3 Å². The van der Waals surface area contributed by atoms with Gasteiger partial charge in [0.1, 0.15) is 0 Å². The van der Waals surface area contributed by atoms with Crippen LogP contribution in [0.15, 0.2) is 30.3 Å². The van der Waals surface area contributed by atoms with Crippen LogP contribution >= 0.6 is 0 Å². The molecule has 0 unspecified atom stereocenters. The fourth-order valence-corrected chi connectivity index (χ4v) is 1.80. The molecule has 19 heavy (non-hydrogen) atoms. The van der Waals surface area contributed by atoms with E-state index in [1.54, 1.807) is 30.3 Å². The van der Waals surface area contributed by atoms with Gasteiger partial charge in [0, 0.05) is 11.5 Å². The van der Waals surface area contributed by atoms with E-state index >= 15 is 0 Å². The number of pyridine rings is 1. The lowest BCUT2D eigenvalue weighted by Gasteiger charge is -2.08. The largest absolute Gasteiger partial charge is 0.478 e. The molecule has 0 bridgehead atoms. The Kier molecular flexibility index (Phi) is 4.00. The Morgan fingerprint density at radius 1 is 1.32 bits per heavy atom. The van der Waals surface area contributed by atoms with Crippen LogP contribution in [0.2, 0.25) is 0 Å². The van der Waals surface area contributed by atoms with Crippen LogP contribution in [-0.4, -0.2) is 22.7 Å². The van der Waals surface area contributed by atoms with Crippen LogP contribution < -0.4 is 4.74 Å². The second kappa shape index (κ2) is 5.69. The van der Waals surface area contributed by atoms with E-state index in [0.717, 1.165) is 6.42 Å². The second-order valence-electron chi connectivity index (χ2n) is 4.86. The van der Waals surface area contributed by atoms with Gasteiger partial charge in [-0.2, -0.15) is 0 Å². The number of carboxylic acids is 1. The molecule has 0 saturated heterocycles. The molecular formula is C15H17NO3. The summed E-state index contributed by atoms with van der Waals surface area (Å²) in [7, 11) is 0. The molecule has 0 aliphatic carbocycles. The number of fused-ring (bicyclic) bond motifs is 1. The standard InChI is InChI=1S/C15H17NO3/c1-10(2)8-9-19-14-7-6-11-12(15(17)18)4-3-5-13(11)16-14/h3-7,10H,8-9H2,1-2H3,(H,17,18). The van der Waals surface area contributed by atoms with E-state index in [-0.39, 0.29) is 5.56 Å². The maximum absolute atomic E-state index is 11.1. The molecule has 1 aromatic carbocycles. The van der Waals surface area contributed by atoms with Crippen molar-refractivity contribution in [3.05, 3.63) is 35.9 Å². The van der Waals surface area contributed by atoms with Gasteiger partial charge in [0.2, 0.25) is 5.88 Å². The highest BCUT2D eigenvalue weighted by Gasteiger charge is 2.09. The van der Waals surface area contributed by atoms with Crippen molar-refractivity contribution in [2.45, 2.75) is 20.3 Å². The van der Waals surface area contributed by atoms with Crippen LogP contribution in [0, 0.1) is 5.92 Å². The van der Waals surface area contributed by atoms with Crippen molar-refractivity contribution < 1.29 is 14.6 Å². The minimum Gasteiger partial charge on any atom is -0.478 e. The van der Waals surface area contributed by atoms with Gasteiger partial charge >= 0.3 is 5.97 Å². The third kappa shape index (κ3) is 3.22. The minimum atomic E-state index is -0.944. The molecular weight excluding hydrogens is 242 g/mol. The van der Waals surface area contributed by atoms with Crippen molar-refractivity contribution in [2.24, 2.45) is 5.92 Å². The monoisotopic (exact) mass is 259 g/mol. The van der Waals surface area contributed by atoms with Crippen LogP contribution in [0.1, 0.15) is 30.6 Å². The Hall–Kier alpha value is -2.10. The summed E-state index contributed by atoms with van der Waals surface area (Å²) in [6.45, 7) is 4.89. The first kappa shape index (κ1) is 13.3. The molecule has 4 nitrogen and oxygen atoms in total. The average molecular weight is 259 g/mol. The van der Waals surface area contributed by atoms with Crippen molar-refractivity contribution >= 4 is 16.9 Å². The number of hydrogen-bond donors (Lipinski definition) is 1. The minimum absolute atomic E-state index is 0.263.